The molecule has 6 heteroatoms. The molecule has 0 radical (unpaired) electrons. The molecule has 1 aromatic rings. The van der Waals surface area contributed by atoms with E-state index in [1.54, 1.807) is 4.90 Å². The van der Waals surface area contributed by atoms with E-state index in [4.69, 9.17) is 0 Å². The summed E-state index contributed by atoms with van der Waals surface area (Å²) < 4.78 is 26.9. The van der Waals surface area contributed by atoms with E-state index < -0.39 is 17.7 Å². The van der Waals surface area contributed by atoms with Crippen molar-refractivity contribution in [1.82, 2.24) is 4.98 Å². The lowest BCUT2D eigenvalue weighted by atomic mass is 10.1. The number of rotatable bonds is 2. The standard InChI is InChI=1S/C11H15F2N3O/c1-14-10-8(12)5-9(13)11(15-10)16-4-2-3-7(17)6-16/h5,7,17H,2-4,6H2,1H3,(H,14,15). The molecule has 1 fully saturated rings. The lowest BCUT2D eigenvalue weighted by Crippen LogP contribution is -2.39. The van der Waals surface area contributed by atoms with Gasteiger partial charge in [0, 0.05) is 26.2 Å². The first-order valence-electron chi connectivity index (χ1n) is 5.58. The molecule has 0 spiro atoms. The summed E-state index contributed by atoms with van der Waals surface area (Å²) in [5.41, 5.74) is 0. The van der Waals surface area contributed by atoms with Gasteiger partial charge in [-0.15, -0.1) is 0 Å². The van der Waals surface area contributed by atoms with E-state index in [2.05, 4.69) is 10.3 Å². The maximum atomic E-state index is 13.6. The molecule has 17 heavy (non-hydrogen) atoms. The molecule has 0 saturated carbocycles. The van der Waals surface area contributed by atoms with Gasteiger partial charge in [0.2, 0.25) is 0 Å². The average molecular weight is 243 g/mol. The molecule has 0 amide bonds. The maximum Gasteiger partial charge on any atom is 0.168 e. The van der Waals surface area contributed by atoms with Crippen LogP contribution in [0.5, 0.6) is 0 Å². The highest BCUT2D eigenvalue weighted by atomic mass is 19.1. The number of aliphatic hydroxyl groups is 1. The van der Waals surface area contributed by atoms with Gasteiger partial charge in [-0.3, -0.25) is 0 Å². The smallest absolute Gasteiger partial charge is 0.168 e. The summed E-state index contributed by atoms with van der Waals surface area (Å²) in [4.78, 5) is 5.54. The van der Waals surface area contributed by atoms with Crippen LogP contribution in [0, 0.1) is 11.6 Å². The van der Waals surface area contributed by atoms with Crippen LogP contribution >= 0.6 is 0 Å². The SMILES string of the molecule is CNc1nc(N2CCCC(O)C2)c(F)cc1F. The van der Waals surface area contributed by atoms with Crippen LogP contribution in [0.2, 0.25) is 0 Å². The van der Waals surface area contributed by atoms with E-state index >= 15 is 0 Å². The highest BCUT2D eigenvalue weighted by molar-refractivity contribution is 5.49. The third-order valence-corrected chi connectivity index (χ3v) is 2.84. The molecule has 2 N–H and O–H groups in total. The van der Waals surface area contributed by atoms with Gasteiger partial charge >= 0.3 is 0 Å². The minimum Gasteiger partial charge on any atom is -0.391 e. The fourth-order valence-corrected chi connectivity index (χ4v) is 2.00. The minimum absolute atomic E-state index is 0.0152. The van der Waals surface area contributed by atoms with E-state index in [0.29, 0.717) is 19.5 Å². The number of hydrogen-bond acceptors (Lipinski definition) is 4. The van der Waals surface area contributed by atoms with Crippen LogP contribution in [0.3, 0.4) is 0 Å². The van der Waals surface area contributed by atoms with Crippen LogP contribution in [0.1, 0.15) is 12.8 Å². The topological polar surface area (TPSA) is 48.4 Å². The Balaban J connectivity index is 2.30. The Bertz CT molecular complexity index is 414. The normalized spacial score (nSPS) is 20.5. The number of anilines is 2. The fourth-order valence-electron chi connectivity index (χ4n) is 2.00. The Kier molecular flexibility index (Phi) is 3.42. The molecular weight excluding hydrogens is 228 g/mol. The Morgan fingerprint density at radius 3 is 2.88 bits per heavy atom. The summed E-state index contributed by atoms with van der Waals surface area (Å²) in [6.07, 6.45) is 1.00. The number of aromatic nitrogens is 1. The quantitative estimate of drug-likeness (QED) is 0.823. The van der Waals surface area contributed by atoms with Crippen molar-refractivity contribution in [2.45, 2.75) is 18.9 Å². The molecule has 94 valence electrons. The number of aliphatic hydroxyl groups excluding tert-OH is 1. The summed E-state index contributed by atoms with van der Waals surface area (Å²) in [5, 5.41) is 12.1. The van der Waals surface area contributed by atoms with E-state index in [9.17, 15) is 13.9 Å². The van der Waals surface area contributed by atoms with Crippen LogP contribution in [-0.2, 0) is 0 Å². The summed E-state index contributed by atoms with van der Waals surface area (Å²) in [5.74, 6) is -1.31. The molecule has 2 heterocycles. The lowest BCUT2D eigenvalue weighted by Gasteiger charge is -2.31. The van der Waals surface area contributed by atoms with Crippen molar-refractivity contribution in [2.75, 3.05) is 30.4 Å². The van der Waals surface area contributed by atoms with Gasteiger partial charge in [-0.05, 0) is 12.8 Å². The lowest BCUT2D eigenvalue weighted by molar-refractivity contribution is 0.153. The summed E-state index contributed by atoms with van der Waals surface area (Å²) >= 11 is 0. The number of piperidine rings is 1. The molecule has 4 nitrogen and oxygen atoms in total. The van der Waals surface area contributed by atoms with E-state index in [1.165, 1.54) is 7.05 Å². The minimum atomic E-state index is -0.716. The zero-order valence-corrected chi connectivity index (χ0v) is 9.58. The first kappa shape index (κ1) is 12.0. The molecule has 1 aliphatic rings. The molecule has 0 aliphatic carbocycles. The summed E-state index contributed by atoms with van der Waals surface area (Å²) in [6, 6.07) is 0.815. The van der Waals surface area contributed by atoms with Gasteiger partial charge in [0.15, 0.2) is 23.3 Å². The maximum absolute atomic E-state index is 13.6. The third kappa shape index (κ3) is 2.46. The molecule has 2 rings (SSSR count). The monoisotopic (exact) mass is 243 g/mol. The highest BCUT2D eigenvalue weighted by Gasteiger charge is 2.22. The Labute approximate surface area is 98.3 Å². The number of halogens is 2. The van der Waals surface area contributed by atoms with Crippen LogP contribution in [-0.4, -0.2) is 36.3 Å². The average Bonchev–Trinajstić information content (AvgIpc) is 2.29. The molecule has 1 saturated heterocycles. The van der Waals surface area contributed by atoms with Gasteiger partial charge in [0.05, 0.1) is 6.10 Å². The van der Waals surface area contributed by atoms with Crippen LogP contribution in [0.15, 0.2) is 6.07 Å². The zero-order valence-electron chi connectivity index (χ0n) is 9.58. The largest absolute Gasteiger partial charge is 0.391 e. The van der Waals surface area contributed by atoms with Crippen molar-refractivity contribution in [2.24, 2.45) is 0 Å². The third-order valence-electron chi connectivity index (χ3n) is 2.84. The summed E-state index contributed by atoms with van der Waals surface area (Å²) in [6.45, 7) is 0.953. The molecule has 1 aromatic heterocycles. The van der Waals surface area contributed by atoms with Crippen molar-refractivity contribution in [3.63, 3.8) is 0 Å². The van der Waals surface area contributed by atoms with E-state index in [1.807, 2.05) is 0 Å². The van der Waals surface area contributed by atoms with E-state index in [-0.39, 0.29) is 11.6 Å². The number of nitrogens with zero attached hydrogens (tertiary/aromatic N) is 2. The zero-order chi connectivity index (χ0) is 12.4. The van der Waals surface area contributed by atoms with Gasteiger partial charge < -0.3 is 15.3 Å². The first-order valence-corrected chi connectivity index (χ1v) is 5.58. The number of hydrogen-bond donors (Lipinski definition) is 2. The predicted octanol–water partition coefficient (Wildman–Crippen LogP) is 1.36. The molecule has 0 bridgehead atoms. The van der Waals surface area contributed by atoms with Gasteiger partial charge in [0.25, 0.3) is 0 Å². The fraction of sp³-hybridized carbons (Fsp3) is 0.545. The van der Waals surface area contributed by atoms with Crippen LogP contribution in [0.25, 0.3) is 0 Å². The molecular formula is C11H15F2N3O. The molecule has 0 aromatic carbocycles. The second-order valence-corrected chi connectivity index (χ2v) is 4.12. The van der Waals surface area contributed by atoms with Crippen molar-refractivity contribution in [1.29, 1.82) is 0 Å². The van der Waals surface area contributed by atoms with Crippen molar-refractivity contribution < 1.29 is 13.9 Å². The highest BCUT2D eigenvalue weighted by Crippen LogP contribution is 2.24. The predicted molar refractivity (Wildman–Crippen MR) is 61.2 cm³/mol. The summed E-state index contributed by atoms with van der Waals surface area (Å²) in [7, 11) is 1.53. The number of pyridine rings is 1. The second-order valence-electron chi connectivity index (χ2n) is 4.12. The Hall–Kier alpha value is -1.43. The van der Waals surface area contributed by atoms with Gasteiger partial charge in [-0.25, -0.2) is 13.8 Å². The van der Waals surface area contributed by atoms with Crippen molar-refractivity contribution in [3.8, 4) is 0 Å². The van der Waals surface area contributed by atoms with E-state index in [0.717, 1.165) is 12.5 Å². The Morgan fingerprint density at radius 2 is 2.24 bits per heavy atom. The molecule has 1 atom stereocenters. The van der Waals surface area contributed by atoms with Crippen LogP contribution < -0.4 is 10.2 Å². The Morgan fingerprint density at radius 1 is 1.47 bits per heavy atom. The van der Waals surface area contributed by atoms with Gasteiger partial charge in [-0.1, -0.05) is 0 Å². The number of β-amino-alcohol motifs (C(OH)–C–C–N with tert-alkyl or cyclic N) is 1. The van der Waals surface area contributed by atoms with Gasteiger partial charge in [-0.2, -0.15) is 0 Å². The molecule has 1 unspecified atom stereocenters. The van der Waals surface area contributed by atoms with Gasteiger partial charge in [0.1, 0.15) is 0 Å². The first-order chi connectivity index (χ1) is 8.11. The van der Waals surface area contributed by atoms with Crippen molar-refractivity contribution >= 4 is 11.6 Å². The number of nitrogens with one attached hydrogen (secondary N) is 1. The second kappa shape index (κ2) is 4.83. The van der Waals surface area contributed by atoms with Crippen LogP contribution in [0.4, 0.5) is 20.4 Å². The van der Waals surface area contributed by atoms with Crippen molar-refractivity contribution in [3.05, 3.63) is 17.7 Å². The molecule has 1 aliphatic heterocycles.